The van der Waals surface area contributed by atoms with Crippen LogP contribution in [0.2, 0.25) is 0 Å². The van der Waals surface area contributed by atoms with Gasteiger partial charge >= 0.3 is 0 Å². The molecule has 6 nitrogen and oxygen atoms in total. The summed E-state index contributed by atoms with van der Waals surface area (Å²) in [6, 6.07) is 15.4. The zero-order chi connectivity index (χ0) is 22.1. The number of hydrogen-bond donors (Lipinski definition) is 1. The number of benzene rings is 2. The standard InChI is InChI=1S/C24H19N3O3S2/c1-14-20(15(2)30-27-14)12-29-19-8-7-16-10-18(6-5-17(16)11-19)23(28)26-24-25-21(13-32-24)22-4-3-9-31-22/h3-11,13H,12H2,1-2H3,(H,25,26,28). The Morgan fingerprint density at radius 2 is 1.94 bits per heavy atom. The summed E-state index contributed by atoms with van der Waals surface area (Å²) in [4.78, 5) is 18.3. The van der Waals surface area contributed by atoms with E-state index >= 15 is 0 Å². The van der Waals surface area contributed by atoms with E-state index in [4.69, 9.17) is 9.26 Å². The second-order valence-corrected chi connectivity index (χ2v) is 9.09. The van der Waals surface area contributed by atoms with Gasteiger partial charge in [-0.05, 0) is 60.3 Å². The number of amides is 1. The van der Waals surface area contributed by atoms with Gasteiger partial charge in [0, 0.05) is 10.9 Å². The van der Waals surface area contributed by atoms with Crippen molar-refractivity contribution in [3.8, 4) is 16.3 Å². The van der Waals surface area contributed by atoms with E-state index in [1.165, 1.54) is 11.3 Å². The molecule has 0 unspecified atom stereocenters. The van der Waals surface area contributed by atoms with Gasteiger partial charge in [-0.3, -0.25) is 10.1 Å². The van der Waals surface area contributed by atoms with Crippen LogP contribution in [0.4, 0.5) is 5.13 Å². The Morgan fingerprint density at radius 3 is 2.72 bits per heavy atom. The number of thiophene rings is 1. The van der Waals surface area contributed by atoms with E-state index in [2.05, 4.69) is 15.5 Å². The number of anilines is 1. The van der Waals surface area contributed by atoms with Gasteiger partial charge in [0.1, 0.15) is 18.1 Å². The molecule has 0 spiro atoms. The van der Waals surface area contributed by atoms with Crippen molar-refractivity contribution in [1.29, 1.82) is 0 Å². The molecule has 0 bridgehead atoms. The molecule has 3 heterocycles. The largest absolute Gasteiger partial charge is 0.489 e. The van der Waals surface area contributed by atoms with Crippen LogP contribution < -0.4 is 10.1 Å². The summed E-state index contributed by atoms with van der Waals surface area (Å²) in [6.07, 6.45) is 0. The molecule has 8 heteroatoms. The fourth-order valence-corrected chi connectivity index (χ4v) is 4.82. The van der Waals surface area contributed by atoms with Crippen LogP contribution in [-0.4, -0.2) is 16.0 Å². The third-order valence-corrected chi connectivity index (χ3v) is 6.79. The highest BCUT2D eigenvalue weighted by atomic mass is 32.1. The number of carbonyl (C=O) groups is 1. The van der Waals surface area contributed by atoms with E-state index in [1.807, 2.05) is 73.1 Å². The van der Waals surface area contributed by atoms with Crippen molar-refractivity contribution in [2.45, 2.75) is 20.5 Å². The van der Waals surface area contributed by atoms with Crippen LogP contribution in [0.15, 0.2) is 63.8 Å². The molecule has 0 aliphatic carbocycles. The third-order valence-electron chi connectivity index (χ3n) is 5.14. The molecule has 0 atom stereocenters. The predicted molar refractivity (Wildman–Crippen MR) is 128 cm³/mol. The molecule has 32 heavy (non-hydrogen) atoms. The molecule has 0 fully saturated rings. The SMILES string of the molecule is Cc1noc(C)c1COc1ccc2cc(C(=O)Nc3nc(-c4cccs4)cs3)ccc2c1. The number of ether oxygens (including phenoxy) is 1. The smallest absolute Gasteiger partial charge is 0.257 e. The lowest BCUT2D eigenvalue weighted by atomic mass is 10.1. The summed E-state index contributed by atoms with van der Waals surface area (Å²) in [7, 11) is 0. The van der Waals surface area contributed by atoms with Crippen LogP contribution in [0, 0.1) is 13.8 Å². The molecule has 160 valence electrons. The predicted octanol–water partition coefficient (Wildman–Crippen LogP) is 6.46. The first-order valence-electron chi connectivity index (χ1n) is 9.96. The van der Waals surface area contributed by atoms with Gasteiger partial charge in [0.25, 0.3) is 5.91 Å². The first-order chi connectivity index (χ1) is 15.6. The molecule has 0 aliphatic heterocycles. The number of fused-ring (bicyclic) bond motifs is 1. The van der Waals surface area contributed by atoms with E-state index in [-0.39, 0.29) is 5.91 Å². The highest BCUT2D eigenvalue weighted by molar-refractivity contribution is 7.16. The Labute approximate surface area is 192 Å². The van der Waals surface area contributed by atoms with Crippen molar-refractivity contribution >= 4 is 44.5 Å². The Kier molecular flexibility index (Phi) is 5.46. The maximum Gasteiger partial charge on any atom is 0.257 e. The van der Waals surface area contributed by atoms with E-state index < -0.39 is 0 Å². The summed E-state index contributed by atoms with van der Waals surface area (Å²) in [5.41, 5.74) is 3.25. The molecule has 2 aromatic carbocycles. The number of aromatic nitrogens is 2. The molecular formula is C24H19N3O3S2. The van der Waals surface area contributed by atoms with E-state index in [0.29, 0.717) is 17.3 Å². The number of thiazole rings is 1. The minimum absolute atomic E-state index is 0.183. The van der Waals surface area contributed by atoms with Crippen LogP contribution in [-0.2, 0) is 6.61 Å². The van der Waals surface area contributed by atoms with E-state index in [1.54, 1.807) is 11.3 Å². The van der Waals surface area contributed by atoms with Crippen LogP contribution in [0.5, 0.6) is 5.75 Å². The average Bonchev–Trinajstić information content (AvgIpc) is 3.54. The quantitative estimate of drug-likeness (QED) is 0.314. The summed E-state index contributed by atoms with van der Waals surface area (Å²) in [6.45, 7) is 4.17. The Bertz CT molecular complexity index is 1380. The highest BCUT2D eigenvalue weighted by Crippen LogP contribution is 2.29. The lowest BCUT2D eigenvalue weighted by Crippen LogP contribution is -2.11. The molecule has 0 saturated heterocycles. The van der Waals surface area contributed by atoms with Gasteiger partial charge in [-0.2, -0.15) is 0 Å². The second kappa shape index (κ2) is 8.57. The number of carbonyl (C=O) groups excluding carboxylic acids is 1. The molecule has 3 aromatic heterocycles. The number of nitrogens with one attached hydrogen (secondary N) is 1. The van der Waals surface area contributed by atoms with Gasteiger partial charge in [-0.25, -0.2) is 4.98 Å². The van der Waals surface area contributed by atoms with Crippen LogP contribution in [0.3, 0.4) is 0 Å². The topological polar surface area (TPSA) is 77.2 Å². The summed E-state index contributed by atoms with van der Waals surface area (Å²) in [5, 5.41) is 13.3. The first-order valence-corrected chi connectivity index (χ1v) is 11.7. The maximum atomic E-state index is 12.7. The van der Waals surface area contributed by atoms with Gasteiger partial charge < -0.3 is 9.26 Å². The molecule has 0 radical (unpaired) electrons. The first kappa shape index (κ1) is 20.4. The fraction of sp³-hybridized carbons (Fsp3) is 0.125. The molecule has 0 saturated carbocycles. The van der Waals surface area contributed by atoms with Gasteiger partial charge in [-0.1, -0.05) is 23.4 Å². The molecule has 1 amide bonds. The van der Waals surface area contributed by atoms with Gasteiger partial charge in [-0.15, -0.1) is 22.7 Å². The van der Waals surface area contributed by atoms with Crippen LogP contribution in [0.1, 0.15) is 27.4 Å². The van der Waals surface area contributed by atoms with Gasteiger partial charge in [0.05, 0.1) is 21.8 Å². The lowest BCUT2D eigenvalue weighted by Gasteiger charge is -2.08. The fourth-order valence-electron chi connectivity index (χ4n) is 3.36. The lowest BCUT2D eigenvalue weighted by molar-refractivity contribution is 0.102. The number of nitrogens with zero attached hydrogens (tertiary/aromatic N) is 2. The van der Waals surface area contributed by atoms with Crippen molar-refractivity contribution in [3.63, 3.8) is 0 Å². The minimum atomic E-state index is -0.183. The third kappa shape index (κ3) is 4.15. The van der Waals surface area contributed by atoms with Crippen molar-refractivity contribution in [2.24, 2.45) is 0 Å². The van der Waals surface area contributed by atoms with Gasteiger partial charge in [0.15, 0.2) is 5.13 Å². The molecule has 0 aliphatic rings. The van der Waals surface area contributed by atoms with Crippen molar-refractivity contribution in [3.05, 3.63) is 81.9 Å². The summed E-state index contributed by atoms with van der Waals surface area (Å²) >= 11 is 3.04. The van der Waals surface area contributed by atoms with Crippen molar-refractivity contribution in [2.75, 3.05) is 5.32 Å². The molecule has 5 rings (SSSR count). The Morgan fingerprint density at radius 1 is 1.09 bits per heavy atom. The summed E-state index contributed by atoms with van der Waals surface area (Å²) in [5.74, 6) is 1.33. The van der Waals surface area contributed by atoms with Gasteiger partial charge in [0.2, 0.25) is 0 Å². The zero-order valence-electron chi connectivity index (χ0n) is 17.4. The second-order valence-electron chi connectivity index (χ2n) is 7.28. The van der Waals surface area contributed by atoms with Crippen molar-refractivity contribution in [1.82, 2.24) is 10.1 Å². The zero-order valence-corrected chi connectivity index (χ0v) is 19.0. The normalized spacial score (nSPS) is 11.1. The number of aryl methyl sites for hydroxylation is 2. The highest BCUT2D eigenvalue weighted by Gasteiger charge is 2.12. The number of rotatable bonds is 6. The monoisotopic (exact) mass is 461 g/mol. The average molecular weight is 462 g/mol. The minimum Gasteiger partial charge on any atom is -0.489 e. The van der Waals surface area contributed by atoms with E-state index in [9.17, 15) is 4.79 Å². The van der Waals surface area contributed by atoms with Crippen molar-refractivity contribution < 1.29 is 14.1 Å². The Balaban J connectivity index is 1.29. The summed E-state index contributed by atoms with van der Waals surface area (Å²) < 4.78 is 11.1. The molecular weight excluding hydrogens is 442 g/mol. The number of hydrogen-bond acceptors (Lipinski definition) is 7. The van der Waals surface area contributed by atoms with E-state index in [0.717, 1.165) is 44.1 Å². The van der Waals surface area contributed by atoms with Crippen LogP contribution >= 0.6 is 22.7 Å². The Hall–Kier alpha value is -3.49. The molecule has 1 N–H and O–H groups in total. The maximum absolute atomic E-state index is 12.7. The molecule has 5 aromatic rings. The van der Waals surface area contributed by atoms with Crippen LogP contribution in [0.25, 0.3) is 21.3 Å².